The zero-order valence-corrected chi connectivity index (χ0v) is 24.5. The molecule has 0 bridgehead atoms. The van der Waals surface area contributed by atoms with E-state index in [9.17, 15) is 0 Å². The van der Waals surface area contributed by atoms with Crippen molar-refractivity contribution in [2.45, 2.75) is 20.8 Å². The van der Waals surface area contributed by atoms with E-state index in [2.05, 4.69) is 113 Å². The summed E-state index contributed by atoms with van der Waals surface area (Å²) in [4.78, 5) is 0. The molecule has 4 aromatic rings. The minimum Gasteiger partial charge on any atom is -1.00 e. The zero-order valence-electron chi connectivity index (χ0n) is 20.5. The molecule has 0 saturated heterocycles. The van der Waals surface area contributed by atoms with E-state index in [1.165, 1.54) is 60.1 Å². The summed E-state index contributed by atoms with van der Waals surface area (Å²) in [5.41, 5.74) is 5.03. The third kappa shape index (κ3) is 8.77. The van der Waals surface area contributed by atoms with Crippen LogP contribution in [0.1, 0.15) is 37.5 Å². The standard InChI is InChI=1S/C17H13.C8H8.C7H9.2ClH.Zr/c1-3-12-5-7-14-11-15-8-6-13(4-2)10-17(15)16(14)9-12;1-2-8-6-4-3-5-7-8;1-6-3-4-7(2)5-6;;;/h3-11H,1-2H2;3-7H,1H3;3,5,7H,1-2H3;2*1H;/q-1;;-1;;;+2/p-2. The number of hydrogen-bond acceptors (Lipinski definition) is 0. The van der Waals surface area contributed by atoms with Crippen molar-refractivity contribution in [3.8, 4) is 0 Å². The Morgan fingerprint density at radius 2 is 1.40 bits per heavy atom. The Kier molecular flexibility index (Phi) is 13.3. The molecule has 0 saturated carbocycles. The Morgan fingerprint density at radius 3 is 1.71 bits per heavy atom. The Balaban J connectivity index is 0.000000289. The molecule has 35 heavy (non-hydrogen) atoms. The predicted molar refractivity (Wildman–Crippen MR) is 144 cm³/mol. The molecule has 0 heterocycles. The number of halogens is 2. The number of rotatable bonds is 3. The molecule has 1 aliphatic rings. The van der Waals surface area contributed by atoms with Gasteiger partial charge >= 0.3 is 70.3 Å². The molecule has 1 aliphatic carbocycles. The van der Waals surface area contributed by atoms with E-state index in [4.69, 9.17) is 0 Å². The Morgan fingerprint density at radius 1 is 0.886 bits per heavy atom. The molecule has 0 spiro atoms. The molecule has 1 unspecified atom stereocenters. The van der Waals surface area contributed by atoms with Crippen molar-refractivity contribution in [2.24, 2.45) is 5.92 Å². The van der Waals surface area contributed by atoms with Gasteiger partial charge in [-0.1, -0.05) is 62.4 Å². The molecule has 0 fully saturated rings. The van der Waals surface area contributed by atoms with Crippen LogP contribution in [-0.4, -0.2) is 3.21 Å². The van der Waals surface area contributed by atoms with Crippen LogP contribution in [0.25, 0.3) is 33.7 Å². The van der Waals surface area contributed by atoms with Gasteiger partial charge in [0.15, 0.2) is 0 Å². The summed E-state index contributed by atoms with van der Waals surface area (Å²) < 4.78 is 1.46. The van der Waals surface area contributed by atoms with Crippen LogP contribution >= 0.6 is 0 Å². The summed E-state index contributed by atoms with van der Waals surface area (Å²) in [5.74, 6) is 0.556. The van der Waals surface area contributed by atoms with Crippen molar-refractivity contribution in [1.82, 2.24) is 0 Å². The minimum absolute atomic E-state index is 0. The van der Waals surface area contributed by atoms with Crippen LogP contribution in [0.3, 0.4) is 0 Å². The Hall–Kier alpha value is -2.18. The number of hydrogen-bond donors (Lipinski definition) is 0. The number of allylic oxidation sites excluding steroid dienone is 4. The van der Waals surface area contributed by atoms with Crippen LogP contribution in [-0.2, 0) is 24.2 Å². The van der Waals surface area contributed by atoms with Gasteiger partial charge in [-0.15, -0.1) is 46.7 Å². The second kappa shape index (κ2) is 15.0. The van der Waals surface area contributed by atoms with E-state index in [-0.39, 0.29) is 24.8 Å². The number of fused-ring (bicyclic) bond motifs is 3. The molecular weight excluding hydrogens is 546 g/mol. The Labute approximate surface area is 237 Å². The fourth-order valence-corrected chi connectivity index (χ4v) is 4.14. The van der Waals surface area contributed by atoms with Crippen LogP contribution in [0.5, 0.6) is 0 Å². The molecule has 0 amide bonds. The van der Waals surface area contributed by atoms with Gasteiger partial charge in [0, 0.05) is 0 Å². The number of benzene rings is 3. The SMILES string of the molecule is C=Cc1ccc2[cH-]c3ccc(C=C)cc3c2c1.CC1=CC(C)[C-]=C1.C[C](=[Zr+2])c1ccccc1.[Cl-].[Cl-]. The van der Waals surface area contributed by atoms with Gasteiger partial charge in [0.2, 0.25) is 0 Å². The fourth-order valence-electron chi connectivity index (χ4n) is 3.73. The molecular formula is C32H30Cl2Zr-2. The van der Waals surface area contributed by atoms with Crippen LogP contribution < -0.4 is 24.8 Å². The molecule has 5 rings (SSSR count). The third-order valence-corrected chi connectivity index (χ3v) is 6.23. The first-order valence-corrected chi connectivity index (χ1v) is 12.4. The molecule has 0 radical (unpaired) electrons. The van der Waals surface area contributed by atoms with Gasteiger partial charge in [0.25, 0.3) is 0 Å². The molecule has 0 nitrogen and oxygen atoms in total. The van der Waals surface area contributed by atoms with E-state index in [0.29, 0.717) is 5.92 Å². The minimum atomic E-state index is 0. The largest absolute Gasteiger partial charge is 1.00 e. The van der Waals surface area contributed by atoms with Gasteiger partial charge in [-0.05, 0) is 11.1 Å². The zero-order chi connectivity index (χ0) is 23.8. The van der Waals surface area contributed by atoms with Crippen molar-refractivity contribution in [3.05, 3.63) is 126 Å². The Bertz CT molecular complexity index is 1280. The normalized spacial score (nSPS) is 13.3. The smallest absolute Gasteiger partial charge is 1.00 e. The van der Waals surface area contributed by atoms with E-state index in [1.54, 1.807) is 0 Å². The summed E-state index contributed by atoms with van der Waals surface area (Å²) in [6, 6.07) is 25.6. The quantitative estimate of drug-likeness (QED) is 0.329. The average molecular weight is 577 g/mol. The molecule has 3 heteroatoms. The maximum absolute atomic E-state index is 3.82. The fraction of sp³-hybridized carbons (Fsp3) is 0.125. The van der Waals surface area contributed by atoms with Gasteiger partial charge in [0.1, 0.15) is 0 Å². The van der Waals surface area contributed by atoms with E-state index in [1.807, 2.05) is 24.3 Å². The van der Waals surface area contributed by atoms with Gasteiger partial charge in [-0.25, -0.2) is 11.6 Å². The van der Waals surface area contributed by atoms with Crippen LogP contribution in [0.4, 0.5) is 0 Å². The first kappa shape index (κ1) is 30.9. The monoisotopic (exact) mass is 574 g/mol. The summed E-state index contributed by atoms with van der Waals surface area (Å²) in [5, 5.41) is 5.15. The van der Waals surface area contributed by atoms with E-state index >= 15 is 0 Å². The van der Waals surface area contributed by atoms with E-state index < -0.39 is 0 Å². The van der Waals surface area contributed by atoms with Gasteiger partial charge in [-0.3, -0.25) is 6.08 Å². The van der Waals surface area contributed by atoms with Crippen molar-refractivity contribution in [1.29, 1.82) is 0 Å². The van der Waals surface area contributed by atoms with Crippen LogP contribution in [0.2, 0.25) is 0 Å². The second-order valence-electron chi connectivity index (χ2n) is 8.25. The van der Waals surface area contributed by atoms with Crippen LogP contribution in [0, 0.1) is 12.0 Å². The molecule has 4 aromatic carbocycles. The average Bonchev–Trinajstić information content (AvgIpc) is 3.40. The van der Waals surface area contributed by atoms with Gasteiger partial charge in [-0.2, -0.15) is 6.08 Å². The van der Waals surface area contributed by atoms with Crippen molar-refractivity contribution in [2.75, 3.05) is 0 Å². The molecule has 0 aromatic heterocycles. The van der Waals surface area contributed by atoms with Crippen molar-refractivity contribution in [3.63, 3.8) is 0 Å². The maximum Gasteiger partial charge on any atom is -1.00 e. The summed E-state index contributed by atoms with van der Waals surface area (Å²) in [7, 11) is 0. The molecule has 178 valence electrons. The van der Waals surface area contributed by atoms with Crippen molar-refractivity contribution < 1.29 is 49.0 Å². The van der Waals surface area contributed by atoms with Crippen LogP contribution in [0.15, 0.2) is 104 Å². The first-order chi connectivity index (χ1) is 15.9. The van der Waals surface area contributed by atoms with Crippen molar-refractivity contribution >= 4 is 36.9 Å². The van der Waals surface area contributed by atoms with E-state index in [0.717, 1.165) is 11.1 Å². The second-order valence-corrected chi connectivity index (χ2v) is 10.1. The third-order valence-electron chi connectivity index (χ3n) is 5.52. The summed E-state index contributed by atoms with van der Waals surface area (Å²) in [6.45, 7) is 14.0. The summed E-state index contributed by atoms with van der Waals surface area (Å²) in [6.07, 6.45) is 11.1. The molecule has 0 N–H and O–H groups in total. The maximum atomic E-state index is 3.82. The topological polar surface area (TPSA) is 0 Å². The van der Waals surface area contributed by atoms with Gasteiger partial charge in [0.05, 0.1) is 0 Å². The van der Waals surface area contributed by atoms with Gasteiger partial charge < -0.3 is 24.8 Å². The summed E-state index contributed by atoms with van der Waals surface area (Å²) >= 11 is 1.51. The first-order valence-electron chi connectivity index (χ1n) is 11.2. The molecule has 0 aliphatic heterocycles. The molecule has 1 atom stereocenters. The predicted octanol–water partition coefficient (Wildman–Crippen LogP) is 2.72.